The fraction of sp³-hybridized carbons (Fsp3) is 0.375. The zero-order valence-electron chi connectivity index (χ0n) is 11.9. The molecule has 0 atom stereocenters. The zero-order chi connectivity index (χ0) is 14.9. The third-order valence-electron chi connectivity index (χ3n) is 3.45. The lowest BCUT2D eigenvalue weighted by Gasteiger charge is -2.20. The summed E-state index contributed by atoms with van der Waals surface area (Å²) in [6.07, 6.45) is 6.65. The van der Waals surface area contributed by atoms with Crippen molar-refractivity contribution in [3.8, 4) is 0 Å². The SMILES string of the molecule is O=C(/C=C/Sc1ccccc1)NNC(=O)C1CCCCC1. The average Bonchev–Trinajstić information content (AvgIpc) is 2.54. The summed E-state index contributed by atoms with van der Waals surface area (Å²) in [5, 5.41) is 1.71. The molecule has 1 aromatic rings. The average molecular weight is 304 g/mol. The van der Waals surface area contributed by atoms with Crippen LogP contribution in [0.25, 0.3) is 0 Å². The minimum Gasteiger partial charge on any atom is -0.273 e. The number of rotatable bonds is 4. The number of nitrogens with one attached hydrogen (secondary N) is 2. The molecule has 2 N–H and O–H groups in total. The molecule has 0 radical (unpaired) electrons. The van der Waals surface area contributed by atoms with Crippen molar-refractivity contribution in [1.82, 2.24) is 10.9 Å². The molecule has 21 heavy (non-hydrogen) atoms. The molecular weight excluding hydrogens is 284 g/mol. The van der Waals surface area contributed by atoms with E-state index in [1.54, 1.807) is 5.41 Å². The molecular formula is C16H20N2O2S. The lowest BCUT2D eigenvalue weighted by atomic mass is 9.89. The maximum atomic E-state index is 11.8. The second-order valence-electron chi connectivity index (χ2n) is 5.05. The van der Waals surface area contributed by atoms with E-state index in [0.29, 0.717) is 0 Å². The van der Waals surface area contributed by atoms with Crippen molar-refractivity contribution in [2.75, 3.05) is 0 Å². The highest BCUT2D eigenvalue weighted by atomic mass is 32.2. The maximum Gasteiger partial charge on any atom is 0.262 e. The predicted molar refractivity (Wildman–Crippen MR) is 84.3 cm³/mol. The summed E-state index contributed by atoms with van der Waals surface area (Å²) >= 11 is 1.46. The van der Waals surface area contributed by atoms with Gasteiger partial charge >= 0.3 is 0 Å². The molecule has 0 spiro atoms. The number of carbonyl (C=O) groups excluding carboxylic acids is 2. The van der Waals surface area contributed by atoms with Crippen LogP contribution in [0, 0.1) is 5.92 Å². The van der Waals surface area contributed by atoms with Crippen LogP contribution in [0.5, 0.6) is 0 Å². The van der Waals surface area contributed by atoms with E-state index in [1.165, 1.54) is 24.3 Å². The van der Waals surface area contributed by atoms with Crippen molar-refractivity contribution in [1.29, 1.82) is 0 Å². The Morgan fingerprint density at radius 1 is 1.05 bits per heavy atom. The lowest BCUT2D eigenvalue weighted by Crippen LogP contribution is -2.44. The number of hydrogen-bond donors (Lipinski definition) is 2. The first-order chi connectivity index (χ1) is 10.3. The smallest absolute Gasteiger partial charge is 0.262 e. The summed E-state index contributed by atoms with van der Waals surface area (Å²) < 4.78 is 0. The largest absolute Gasteiger partial charge is 0.273 e. The summed E-state index contributed by atoms with van der Waals surface area (Å²) in [5.74, 6) is -0.350. The van der Waals surface area contributed by atoms with Crippen molar-refractivity contribution in [2.45, 2.75) is 37.0 Å². The first kappa shape index (κ1) is 15.6. The molecule has 0 saturated heterocycles. The molecule has 1 saturated carbocycles. The van der Waals surface area contributed by atoms with E-state index in [1.807, 2.05) is 30.3 Å². The van der Waals surface area contributed by atoms with Crippen LogP contribution in [0.3, 0.4) is 0 Å². The minimum absolute atomic E-state index is 0.0433. The highest BCUT2D eigenvalue weighted by Crippen LogP contribution is 2.23. The third-order valence-corrected chi connectivity index (χ3v) is 4.27. The number of amides is 2. The Morgan fingerprint density at radius 2 is 1.76 bits per heavy atom. The molecule has 112 valence electrons. The Kier molecular flexibility index (Phi) is 6.34. The van der Waals surface area contributed by atoms with E-state index in [0.717, 1.165) is 30.6 Å². The molecule has 1 fully saturated rings. The second kappa shape index (κ2) is 8.52. The topological polar surface area (TPSA) is 58.2 Å². The van der Waals surface area contributed by atoms with Crippen LogP contribution in [0.15, 0.2) is 46.7 Å². The van der Waals surface area contributed by atoms with Gasteiger partial charge in [-0.2, -0.15) is 0 Å². The summed E-state index contributed by atoms with van der Waals surface area (Å²) in [7, 11) is 0. The Balaban J connectivity index is 1.68. The van der Waals surface area contributed by atoms with Crippen LogP contribution in [0.1, 0.15) is 32.1 Å². The summed E-state index contributed by atoms with van der Waals surface area (Å²) in [6, 6.07) is 9.78. The summed E-state index contributed by atoms with van der Waals surface area (Å²) in [4.78, 5) is 24.5. The molecule has 2 rings (SSSR count). The molecule has 5 heteroatoms. The quantitative estimate of drug-likeness (QED) is 0.511. The van der Waals surface area contributed by atoms with Crippen molar-refractivity contribution < 1.29 is 9.59 Å². The van der Waals surface area contributed by atoms with Gasteiger partial charge in [0.25, 0.3) is 5.91 Å². The van der Waals surface area contributed by atoms with Gasteiger partial charge in [-0.3, -0.25) is 20.4 Å². The Labute approximate surface area is 129 Å². The molecule has 1 aliphatic carbocycles. The summed E-state index contributed by atoms with van der Waals surface area (Å²) in [6.45, 7) is 0. The lowest BCUT2D eigenvalue weighted by molar-refractivity contribution is -0.130. The van der Waals surface area contributed by atoms with Crippen molar-refractivity contribution in [3.63, 3.8) is 0 Å². The van der Waals surface area contributed by atoms with Gasteiger partial charge in [0, 0.05) is 16.9 Å². The van der Waals surface area contributed by atoms with E-state index in [4.69, 9.17) is 0 Å². The van der Waals surface area contributed by atoms with Gasteiger partial charge in [0.05, 0.1) is 0 Å². The standard InChI is InChI=1S/C16H20N2O2S/c19-15(11-12-21-14-9-5-2-6-10-14)17-18-16(20)13-7-3-1-4-8-13/h2,5-6,9-13H,1,3-4,7-8H2,(H,17,19)(H,18,20)/b12-11+. The van der Waals surface area contributed by atoms with E-state index >= 15 is 0 Å². The molecule has 1 aromatic carbocycles. The van der Waals surface area contributed by atoms with Crippen LogP contribution in [-0.2, 0) is 9.59 Å². The normalized spacial score (nSPS) is 15.8. The molecule has 1 aliphatic rings. The number of benzene rings is 1. The number of thioether (sulfide) groups is 1. The summed E-state index contributed by atoms with van der Waals surface area (Å²) in [5.41, 5.74) is 4.93. The van der Waals surface area contributed by atoms with Gasteiger partial charge in [-0.05, 0) is 30.4 Å². The maximum absolute atomic E-state index is 11.8. The number of hydrazine groups is 1. The van der Waals surface area contributed by atoms with Crippen molar-refractivity contribution >= 4 is 23.6 Å². The Bertz CT molecular complexity index is 496. The first-order valence-corrected chi connectivity index (χ1v) is 8.12. The van der Waals surface area contributed by atoms with Gasteiger partial charge in [0.15, 0.2) is 0 Å². The zero-order valence-corrected chi connectivity index (χ0v) is 12.7. The number of carbonyl (C=O) groups is 2. The van der Waals surface area contributed by atoms with Gasteiger partial charge in [0.2, 0.25) is 5.91 Å². The molecule has 0 aromatic heterocycles. The predicted octanol–water partition coefficient (Wildman–Crippen LogP) is 3.02. The fourth-order valence-corrected chi connectivity index (χ4v) is 2.97. The van der Waals surface area contributed by atoms with E-state index in [-0.39, 0.29) is 17.7 Å². The van der Waals surface area contributed by atoms with Gasteiger partial charge in [-0.25, -0.2) is 0 Å². The van der Waals surface area contributed by atoms with Crippen LogP contribution in [-0.4, -0.2) is 11.8 Å². The van der Waals surface area contributed by atoms with Crippen LogP contribution < -0.4 is 10.9 Å². The van der Waals surface area contributed by atoms with Crippen molar-refractivity contribution in [2.24, 2.45) is 5.92 Å². The highest BCUT2D eigenvalue weighted by Gasteiger charge is 2.20. The van der Waals surface area contributed by atoms with E-state index < -0.39 is 0 Å². The van der Waals surface area contributed by atoms with Crippen LogP contribution >= 0.6 is 11.8 Å². The van der Waals surface area contributed by atoms with E-state index in [2.05, 4.69) is 10.9 Å². The Morgan fingerprint density at radius 3 is 2.48 bits per heavy atom. The van der Waals surface area contributed by atoms with Gasteiger partial charge in [0.1, 0.15) is 0 Å². The molecule has 0 heterocycles. The molecule has 0 aliphatic heterocycles. The van der Waals surface area contributed by atoms with Crippen LogP contribution in [0.2, 0.25) is 0 Å². The van der Waals surface area contributed by atoms with E-state index in [9.17, 15) is 9.59 Å². The first-order valence-electron chi connectivity index (χ1n) is 7.24. The monoisotopic (exact) mass is 304 g/mol. The van der Waals surface area contributed by atoms with Gasteiger partial charge in [-0.1, -0.05) is 49.2 Å². The molecule has 0 unspecified atom stereocenters. The van der Waals surface area contributed by atoms with Crippen molar-refractivity contribution in [3.05, 3.63) is 41.8 Å². The Hall–Kier alpha value is -1.75. The highest BCUT2D eigenvalue weighted by molar-refractivity contribution is 8.02. The van der Waals surface area contributed by atoms with Gasteiger partial charge in [-0.15, -0.1) is 0 Å². The molecule has 0 bridgehead atoms. The van der Waals surface area contributed by atoms with Gasteiger partial charge < -0.3 is 0 Å². The molecule has 4 nitrogen and oxygen atoms in total. The van der Waals surface area contributed by atoms with Crippen LogP contribution in [0.4, 0.5) is 0 Å². The fourth-order valence-electron chi connectivity index (χ4n) is 2.31. The molecule has 2 amide bonds. The minimum atomic E-state index is -0.317. The second-order valence-corrected chi connectivity index (χ2v) is 6.03. The number of hydrogen-bond acceptors (Lipinski definition) is 3. The third kappa shape index (κ3) is 5.63.